The van der Waals surface area contributed by atoms with Crippen LogP contribution in [0.25, 0.3) is 0 Å². The van der Waals surface area contributed by atoms with Crippen molar-refractivity contribution in [2.75, 3.05) is 6.54 Å². The lowest BCUT2D eigenvalue weighted by atomic mass is 9.71. The average molecular weight is 191 g/mol. The molecule has 76 valence electrons. The summed E-state index contributed by atoms with van der Waals surface area (Å²) in [6, 6.07) is 0. The molecule has 1 heterocycles. The third-order valence-corrected chi connectivity index (χ3v) is 2.96. The summed E-state index contributed by atoms with van der Waals surface area (Å²) in [5.74, 6) is 0.414. The van der Waals surface area contributed by atoms with Gasteiger partial charge in [-0.15, -0.1) is 0 Å². The molecule has 0 aromatic carbocycles. The van der Waals surface area contributed by atoms with Crippen molar-refractivity contribution in [3.05, 3.63) is 23.8 Å². The van der Waals surface area contributed by atoms with E-state index in [4.69, 9.17) is 5.73 Å². The molecule has 2 N–H and O–H groups in total. The Hall–Kier alpha value is -0.960. The molecule has 1 atom stereocenters. The van der Waals surface area contributed by atoms with Crippen LogP contribution >= 0.6 is 0 Å². The molecule has 1 aromatic rings. The van der Waals surface area contributed by atoms with Gasteiger partial charge in [0, 0.05) is 18.7 Å². The van der Waals surface area contributed by atoms with Gasteiger partial charge in [0.25, 0.3) is 0 Å². The van der Waals surface area contributed by atoms with Crippen molar-refractivity contribution in [3.63, 3.8) is 0 Å². The quantitative estimate of drug-likeness (QED) is 0.731. The van der Waals surface area contributed by atoms with E-state index < -0.39 is 0 Å². The monoisotopic (exact) mass is 191 g/mol. The van der Waals surface area contributed by atoms with Crippen molar-refractivity contribution in [2.45, 2.75) is 32.6 Å². The molecule has 0 amide bonds. The van der Waals surface area contributed by atoms with Crippen molar-refractivity contribution in [1.82, 2.24) is 9.97 Å². The van der Waals surface area contributed by atoms with Gasteiger partial charge in [-0.1, -0.05) is 13.8 Å². The van der Waals surface area contributed by atoms with E-state index in [1.807, 2.05) is 6.20 Å². The molecule has 2 rings (SSSR count). The van der Waals surface area contributed by atoms with Crippen molar-refractivity contribution >= 4 is 0 Å². The molecule has 0 saturated carbocycles. The summed E-state index contributed by atoms with van der Waals surface area (Å²) in [7, 11) is 0. The highest BCUT2D eigenvalue weighted by Gasteiger charge is 2.32. The Kier molecular flexibility index (Phi) is 2.27. The molecule has 0 spiro atoms. The van der Waals surface area contributed by atoms with E-state index in [0.717, 1.165) is 12.8 Å². The summed E-state index contributed by atoms with van der Waals surface area (Å²) in [4.78, 5) is 8.43. The first-order chi connectivity index (χ1) is 6.62. The normalized spacial score (nSPS) is 24.4. The van der Waals surface area contributed by atoms with E-state index >= 15 is 0 Å². The van der Waals surface area contributed by atoms with Crippen LogP contribution in [0.15, 0.2) is 12.5 Å². The number of rotatable bonds is 1. The summed E-state index contributed by atoms with van der Waals surface area (Å²) < 4.78 is 0. The fraction of sp³-hybridized carbons (Fsp3) is 0.636. The van der Waals surface area contributed by atoms with E-state index in [0.29, 0.717) is 17.9 Å². The summed E-state index contributed by atoms with van der Waals surface area (Å²) in [5, 5.41) is 0. The maximum absolute atomic E-state index is 5.78. The minimum absolute atomic E-state index is 0.335. The van der Waals surface area contributed by atoms with Gasteiger partial charge in [-0.05, 0) is 23.8 Å². The average Bonchev–Trinajstić information content (AvgIpc) is 2.15. The topological polar surface area (TPSA) is 51.8 Å². The molecule has 0 radical (unpaired) electrons. The molecular weight excluding hydrogens is 174 g/mol. The highest BCUT2D eigenvalue weighted by molar-refractivity contribution is 5.25. The lowest BCUT2D eigenvalue weighted by molar-refractivity contribution is 0.278. The van der Waals surface area contributed by atoms with Crippen molar-refractivity contribution in [1.29, 1.82) is 0 Å². The van der Waals surface area contributed by atoms with Gasteiger partial charge < -0.3 is 5.73 Å². The number of nitrogens with zero attached hydrogens (tertiary/aromatic N) is 2. The lowest BCUT2D eigenvalue weighted by Gasteiger charge is -2.35. The second-order valence-electron chi connectivity index (χ2n) is 4.91. The molecule has 0 saturated heterocycles. The summed E-state index contributed by atoms with van der Waals surface area (Å²) in [5.41, 5.74) is 8.56. The first kappa shape index (κ1) is 9.59. The maximum Gasteiger partial charge on any atom is 0.115 e. The number of hydrogen-bond acceptors (Lipinski definition) is 3. The zero-order valence-corrected chi connectivity index (χ0v) is 8.83. The van der Waals surface area contributed by atoms with Crippen LogP contribution in [0.2, 0.25) is 0 Å². The van der Waals surface area contributed by atoms with Crippen LogP contribution in [0.5, 0.6) is 0 Å². The first-order valence-corrected chi connectivity index (χ1v) is 5.11. The predicted molar refractivity (Wildman–Crippen MR) is 55.9 cm³/mol. The standard InChI is InChI=1S/C11H17N3/c1-11(2)3-8(5-12)10-9(4-11)6-13-7-14-10/h6-8H,3-5,12H2,1-2H3. The Labute approximate surface area is 84.8 Å². The van der Waals surface area contributed by atoms with Crippen LogP contribution in [-0.4, -0.2) is 16.5 Å². The number of nitrogens with two attached hydrogens (primary N) is 1. The molecular formula is C11H17N3. The minimum Gasteiger partial charge on any atom is -0.330 e. The van der Waals surface area contributed by atoms with Crippen LogP contribution in [0.3, 0.4) is 0 Å². The van der Waals surface area contributed by atoms with E-state index in [1.54, 1.807) is 6.33 Å². The van der Waals surface area contributed by atoms with Crippen LogP contribution in [0, 0.1) is 5.41 Å². The molecule has 1 unspecified atom stereocenters. The third kappa shape index (κ3) is 1.64. The number of hydrogen-bond donors (Lipinski definition) is 1. The first-order valence-electron chi connectivity index (χ1n) is 5.11. The van der Waals surface area contributed by atoms with Crippen molar-refractivity contribution < 1.29 is 0 Å². The van der Waals surface area contributed by atoms with Crippen LogP contribution in [0.4, 0.5) is 0 Å². The van der Waals surface area contributed by atoms with E-state index in [-0.39, 0.29) is 0 Å². The summed E-state index contributed by atoms with van der Waals surface area (Å²) in [6.45, 7) is 5.25. The number of aromatic nitrogens is 2. The highest BCUT2D eigenvalue weighted by atomic mass is 14.8. The van der Waals surface area contributed by atoms with Crippen molar-refractivity contribution in [3.8, 4) is 0 Å². The maximum atomic E-state index is 5.78. The van der Waals surface area contributed by atoms with Gasteiger partial charge in [0.15, 0.2) is 0 Å². The lowest BCUT2D eigenvalue weighted by Crippen LogP contribution is -2.30. The van der Waals surface area contributed by atoms with Gasteiger partial charge in [-0.2, -0.15) is 0 Å². The Morgan fingerprint density at radius 2 is 2.36 bits per heavy atom. The molecule has 1 aliphatic rings. The van der Waals surface area contributed by atoms with Gasteiger partial charge in [-0.25, -0.2) is 9.97 Å². The third-order valence-electron chi connectivity index (χ3n) is 2.96. The molecule has 0 bridgehead atoms. The van der Waals surface area contributed by atoms with Gasteiger partial charge in [0.1, 0.15) is 6.33 Å². The molecule has 1 aromatic heterocycles. The van der Waals surface area contributed by atoms with Gasteiger partial charge in [0.2, 0.25) is 0 Å². The van der Waals surface area contributed by atoms with Gasteiger partial charge in [0.05, 0.1) is 5.69 Å². The van der Waals surface area contributed by atoms with Gasteiger partial charge in [-0.3, -0.25) is 0 Å². The Morgan fingerprint density at radius 3 is 3.07 bits per heavy atom. The summed E-state index contributed by atoms with van der Waals surface area (Å²) >= 11 is 0. The fourth-order valence-corrected chi connectivity index (χ4v) is 2.42. The van der Waals surface area contributed by atoms with Crippen molar-refractivity contribution in [2.24, 2.45) is 11.1 Å². The Balaban J connectivity index is 2.41. The van der Waals surface area contributed by atoms with Gasteiger partial charge >= 0.3 is 0 Å². The van der Waals surface area contributed by atoms with E-state index in [9.17, 15) is 0 Å². The SMILES string of the molecule is CC1(C)Cc2cncnc2C(CN)C1. The molecule has 14 heavy (non-hydrogen) atoms. The molecule has 3 heteroatoms. The van der Waals surface area contributed by atoms with Crippen LogP contribution < -0.4 is 5.73 Å². The molecule has 0 fully saturated rings. The smallest absolute Gasteiger partial charge is 0.115 e. The highest BCUT2D eigenvalue weighted by Crippen LogP contribution is 2.39. The minimum atomic E-state index is 0.335. The Bertz CT molecular complexity index is 333. The largest absolute Gasteiger partial charge is 0.330 e. The zero-order chi connectivity index (χ0) is 10.2. The predicted octanol–water partition coefficient (Wildman–Crippen LogP) is 1.49. The Morgan fingerprint density at radius 1 is 1.57 bits per heavy atom. The van der Waals surface area contributed by atoms with E-state index in [2.05, 4.69) is 23.8 Å². The zero-order valence-electron chi connectivity index (χ0n) is 8.83. The molecule has 0 aliphatic heterocycles. The van der Waals surface area contributed by atoms with Crippen LogP contribution in [-0.2, 0) is 6.42 Å². The number of fused-ring (bicyclic) bond motifs is 1. The van der Waals surface area contributed by atoms with E-state index in [1.165, 1.54) is 11.3 Å². The second-order valence-corrected chi connectivity index (χ2v) is 4.91. The molecule has 3 nitrogen and oxygen atoms in total. The fourth-order valence-electron chi connectivity index (χ4n) is 2.42. The second kappa shape index (κ2) is 3.31. The summed E-state index contributed by atoms with van der Waals surface area (Å²) in [6.07, 6.45) is 5.76. The molecule has 1 aliphatic carbocycles. The van der Waals surface area contributed by atoms with Crippen LogP contribution in [0.1, 0.15) is 37.4 Å².